The molecule has 5 nitrogen and oxygen atoms in total. The minimum Gasteiger partial charge on any atom is -0.369 e. The summed E-state index contributed by atoms with van der Waals surface area (Å²) in [6, 6.07) is 0. The van der Waals surface area contributed by atoms with Gasteiger partial charge in [-0.1, -0.05) is 32.0 Å². The van der Waals surface area contributed by atoms with Crippen molar-refractivity contribution < 1.29 is 4.74 Å². The summed E-state index contributed by atoms with van der Waals surface area (Å²) in [7, 11) is 4.19. The lowest BCUT2D eigenvalue weighted by Crippen LogP contribution is -2.34. The van der Waals surface area contributed by atoms with Gasteiger partial charge in [0.1, 0.15) is 10.6 Å². The number of hydrogen-bond donors (Lipinski definition) is 1. The Kier molecular flexibility index (Phi) is 7.00. The van der Waals surface area contributed by atoms with Gasteiger partial charge in [0.2, 0.25) is 0 Å². The first-order chi connectivity index (χ1) is 13.0. The van der Waals surface area contributed by atoms with Gasteiger partial charge in [-0.15, -0.1) is 11.3 Å². The molecule has 0 unspecified atom stereocenters. The van der Waals surface area contributed by atoms with Crippen molar-refractivity contribution in [3.05, 3.63) is 10.4 Å². The molecule has 1 N–H and O–H groups in total. The van der Waals surface area contributed by atoms with Crippen molar-refractivity contribution in [1.82, 2.24) is 14.9 Å². The van der Waals surface area contributed by atoms with Crippen LogP contribution in [0.3, 0.4) is 0 Å². The number of fused-ring (bicyclic) bond motifs is 3. The highest BCUT2D eigenvalue weighted by atomic mass is 32.2. The van der Waals surface area contributed by atoms with E-state index in [4.69, 9.17) is 14.7 Å². The average Bonchev–Trinajstić information content (AvgIpc) is 2.99. The maximum atomic E-state index is 6.16. The summed E-state index contributed by atoms with van der Waals surface area (Å²) < 4.78 is 6.16. The van der Waals surface area contributed by atoms with Crippen LogP contribution in [0.1, 0.15) is 50.5 Å². The summed E-state index contributed by atoms with van der Waals surface area (Å²) in [6.07, 6.45) is 4.34. The molecule has 0 spiro atoms. The fourth-order valence-electron chi connectivity index (χ4n) is 3.18. The molecule has 0 saturated heterocycles. The molecule has 1 aliphatic rings. The smallest absolute Gasteiger partial charge is 0.190 e. The summed E-state index contributed by atoms with van der Waals surface area (Å²) in [5.74, 6) is 2.07. The molecule has 2 aromatic rings. The number of nitrogens with one attached hydrogen (secondary N) is 1. The van der Waals surface area contributed by atoms with Crippen molar-refractivity contribution in [3.63, 3.8) is 0 Å². The van der Waals surface area contributed by atoms with Gasteiger partial charge >= 0.3 is 0 Å². The minimum absolute atomic E-state index is 0.0868. The van der Waals surface area contributed by atoms with Gasteiger partial charge in [0.05, 0.1) is 17.6 Å². The molecule has 0 radical (unpaired) electrons. The molecule has 0 fully saturated rings. The molecule has 1 aliphatic heterocycles. The molecular formula is C20H32N4OS2. The van der Waals surface area contributed by atoms with Crippen LogP contribution in [-0.4, -0.2) is 53.4 Å². The van der Waals surface area contributed by atoms with Crippen LogP contribution in [0.25, 0.3) is 10.2 Å². The maximum absolute atomic E-state index is 6.16. The van der Waals surface area contributed by atoms with E-state index in [2.05, 4.69) is 45.1 Å². The highest BCUT2D eigenvalue weighted by Gasteiger charge is 2.33. The molecule has 27 heavy (non-hydrogen) atoms. The molecule has 0 aromatic carbocycles. The number of thiophene rings is 1. The topological polar surface area (TPSA) is 50.3 Å². The van der Waals surface area contributed by atoms with E-state index in [1.165, 1.54) is 28.7 Å². The summed E-state index contributed by atoms with van der Waals surface area (Å²) in [5.41, 5.74) is 1.30. The van der Waals surface area contributed by atoms with Crippen LogP contribution in [0.5, 0.6) is 0 Å². The van der Waals surface area contributed by atoms with Crippen LogP contribution < -0.4 is 5.32 Å². The van der Waals surface area contributed by atoms with Crippen LogP contribution >= 0.6 is 23.1 Å². The lowest BCUT2D eigenvalue weighted by Gasteiger charge is -2.33. The molecular weight excluding hydrogens is 376 g/mol. The van der Waals surface area contributed by atoms with Crippen molar-refractivity contribution in [2.24, 2.45) is 0 Å². The third-order valence-corrected chi connectivity index (χ3v) is 7.18. The first kappa shape index (κ1) is 20.8. The van der Waals surface area contributed by atoms with E-state index in [-0.39, 0.29) is 5.60 Å². The third-order valence-electron chi connectivity index (χ3n) is 5.14. The van der Waals surface area contributed by atoms with E-state index >= 15 is 0 Å². The second-order valence-corrected chi connectivity index (χ2v) is 9.89. The second-order valence-electron chi connectivity index (χ2n) is 7.74. The average molecular weight is 409 g/mol. The van der Waals surface area contributed by atoms with E-state index in [0.29, 0.717) is 6.61 Å². The van der Waals surface area contributed by atoms with E-state index in [1.807, 2.05) is 0 Å². The number of unbranched alkanes of at least 4 members (excludes halogenated alkanes) is 1. The molecule has 0 saturated carbocycles. The normalized spacial score (nSPS) is 19.6. The Balaban J connectivity index is 1.97. The van der Waals surface area contributed by atoms with Crippen LogP contribution in [0, 0.1) is 0 Å². The van der Waals surface area contributed by atoms with E-state index in [1.54, 1.807) is 23.1 Å². The Labute approximate surface area is 171 Å². The predicted octanol–water partition coefficient (Wildman–Crippen LogP) is 4.80. The van der Waals surface area contributed by atoms with Gasteiger partial charge in [-0.05, 0) is 39.4 Å². The quantitative estimate of drug-likeness (QED) is 0.365. The van der Waals surface area contributed by atoms with Crippen LogP contribution in [0.15, 0.2) is 5.16 Å². The van der Waals surface area contributed by atoms with Crippen LogP contribution in [0.2, 0.25) is 0 Å². The number of likely N-dealkylation sites (N-methyl/N-ethyl adjacent to an activating group) is 1. The van der Waals surface area contributed by atoms with E-state index in [9.17, 15) is 0 Å². The number of anilines is 1. The number of nitrogens with zero attached hydrogens (tertiary/aromatic N) is 3. The molecule has 0 bridgehead atoms. The molecule has 3 rings (SSSR count). The lowest BCUT2D eigenvalue weighted by atomic mass is 9.90. The Morgan fingerprint density at radius 3 is 2.81 bits per heavy atom. The highest BCUT2D eigenvalue weighted by molar-refractivity contribution is 7.99. The molecule has 0 amide bonds. The van der Waals surface area contributed by atoms with Gasteiger partial charge in [-0.2, -0.15) is 0 Å². The molecule has 7 heteroatoms. The Hall–Kier alpha value is -0.890. The van der Waals surface area contributed by atoms with Gasteiger partial charge in [0.15, 0.2) is 5.16 Å². The Morgan fingerprint density at radius 1 is 1.30 bits per heavy atom. The largest absolute Gasteiger partial charge is 0.369 e. The van der Waals surface area contributed by atoms with Gasteiger partial charge in [0, 0.05) is 30.1 Å². The number of thioether (sulfide) groups is 1. The van der Waals surface area contributed by atoms with Crippen molar-refractivity contribution in [3.8, 4) is 0 Å². The van der Waals surface area contributed by atoms with Gasteiger partial charge in [0.25, 0.3) is 0 Å². The predicted molar refractivity (Wildman–Crippen MR) is 117 cm³/mol. The summed E-state index contributed by atoms with van der Waals surface area (Å²) in [4.78, 5) is 14.4. The fourth-order valence-corrected chi connectivity index (χ4v) is 5.27. The summed E-state index contributed by atoms with van der Waals surface area (Å²) in [6.45, 7) is 9.19. The third kappa shape index (κ3) is 4.94. The van der Waals surface area contributed by atoms with Crippen molar-refractivity contribution in [1.29, 1.82) is 0 Å². The minimum atomic E-state index is -0.0868. The van der Waals surface area contributed by atoms with Crippen molar-refractivity contribution in [2.75, 3.05) is 38.3 Å². The standard InChI is InChI=1S/C20H32N4OS2/c1-6-8-11-26-19-22-17(21-9-10-24(4)5)16-14-12-20(3,7-2)25-13-15(14)27-18(16)23-19/h6-13H2,1-5H3,(H,21,22,23)/t20-/m1/s1. The lowest BCUT2D eigenvalue weighted by molar-refractivity contribution is -0.0542. The number of rotatable bonds is 9. The first-order valence-electron chi connectivity index (χ1n) is 9.93. The van der Waals surface area contributed by atoms with E-state index in [0.717, 1.165) is 47.5 Å². The zero-order valence-electron chi connectivity index (χ0n) is 17.2. The van der Waals surface area contributed by atoms with Gasteiger partial charge in [-0.25, -0.2) is 9.97 Å². The molecule has 3 heterocycles. The maximum Gasteiger partial charge on any atom is 0.190 e. The zero-order valence-corrected chi connectivity index (χ0v) is 18.9. The summed E-state index contributed by atoms with van der Waals surface area (Å²) >= 11 is 3.55. The SMILES string of the molecule is CCCCSc1nc(NCCN(C)C)c2c3c(sc2n1)CO[C@](C)(CC)C3. The molecule has 0 aliphatic carbocycles. The van der Waals surface area contributed by atoms with E-state index < -0.39 is 0 Å². The Morgan fingerprint density at radius 2 is 2.11 bits per heavy atom. The molecule has 1 atom stereocenters. The van der Waals surface area contributed by atoms with Crippen molar-refractivity contribution in [2.45, 2.75) is 63.8 Å². The van der Waals surface area contributed by atoms with Crippen LogP contribution in [-0.2, 0) is 17.8 Å². The first-order valence-corrected chi connectivity index (χ1v) is 11.7. The number of aromatic nitrogens is 2. The summed E-state index contributed by atoms with van der Waals surface area (Å²) in [5, 5.41) is 5.70. The van der Waals surface area contributed by atoms with Gasteiger partial charge in [-0.3, -0.25) is 0 Å². The molecule has 150 valence electrons. The zero-order chi connectivity index (χ0) is 19.4. The fraction of sp³-hybridized carbons (Fsp3) is 0.700. The number of hydrogen-bond acceptors (Lipinski definition) is 7. The molecule has 2 aromatic heterocycles. The monoisotopic (exact) mass is 408 g/mol. The second kappa shape index (κ2) is 9.07. The van der Waals surface area contributed by atoms with Crippen LogP contribution in [0.4, 0.5) is 5.82 Å². The highest BCUT2D eigenvalue weighted by Crippen LogP contribution is 2.42. The van der Waals surface area contributed by atoms with Crippen molar-refractivity contribution >= 4 is 39.1 Å². The Bertz CT molecular complexity index is 777. The number of ether oxygens (including phenoxy) is 1. The van der Waals surface area contributed by atoms with Gasteiger partial charge < -0.3 is 15.0 Å².